The molecule has 0 saturated carbocycles. The average molecular weight is 384 g/mol. The van der Waals surface area contributed by atoms with Gasteiger partial charge >= 0.3 is 0 Å². The van der Waals surface area contributed by atoms with Gasteiger partial charge in [-0.2, -0.15) is 0 Å². The van der Waals surface area contributed by atoms with Gasteiger partial charge in [0.1, 0.15) is 0 Å². The number of hydrogen-bond donors (Lipinski definition) is 1. The molecule has 0 bridgehead atoms. The molecular weight excluding hydrogens is 368 g/mol. The molecule has 5 nitrogen and oxygen atoms in total. The van der Waals surface area contributed by atoms with Gasteiger partial charge in [0, 0.05) is 17.5 Å². The molecule has 132 valence electrons. The molecule has 1 aliphatic heterocycles. The lowest BCUT2D eigenvalue weighted by molar-refractivity contribution is -0.118. The van der Waals surface area contributed by atoms with E-state index >= 15 is 0 Å². The third-order valence-corrected chi connectivity index (χ3v) is 5.83. The lowest BCUT2D eigenvalue weighted by atomic mass is 10.2. The van der Waals surface area contributed by atoms with E-state index in [1.54, 1.807) is 11.3 Å². The van der Waals surface area contributed by atoms with Gasteiger partial charge in [0.15, 0.2) is 15.8 Å². The van der Waals surface area contributed by atoms with E-state index in [0.717, 1.165) is 32.7 Å². The molecule has 2 aromatic carbocycles. The highest BCUT2D eigenvalue weighted by molar-refractivity contribution is 8.01. The Bertz CT molecular complexity index is 912. The van der Waals surface area contributed by atoms with E-state index in [1.165, 1.54) is 11.8 Å². The standard InChI is InChI=1S/C19H16N2O3S2/c22-18(20-9-13-6-7-16-17(8-13)24-12-23-16)11-26-19-21-15(10-25-19)14-4-2-1-3-5-14/h1-8,10H,9,11-12H2,(H,20,22). The van der Waals surface area contributed by atoms with Crippen LogP contribution in [-0.2, 0) is 11.3 Å². The van der Waals surface area contributed by atoms with Crippen LogP contribution in [0.1, 0.15) is 5.56 Å². The third kappa shape index (κ3) is 4.00. The van der Waals surface area contributed by atoms with Crippen LogP contribution >= 0.6 is 23.1 Å². The average Bonchev–Trinajstić information content (AvgIpc) is 3.34. The SMILES string of the molecule is O=C(CSc1nc(-c2ccccc2)cs1)NCc1ccc2c(c1)OCO2. The van der Waals surface area contributed by atoms with Crippen LogP contribution in [0.3, 0.4) is 0 Å². The number of carbonyl (C=O) groups is 1. The largest absolute Gasteiger partial charge is 0.454 e. The minimum Gasteiger partial charge on any atom is -0.454 e. The van der Waals surface area contributed by atoms with Crippen LogP contribution in [-0.4, -0.2) is 23.4 Å². The second-order valence-corrected chi connectivity index (χ2v) is 7.70. The van der Waals surface area contributed by atoms with Gasteiger partial charge in [0.2, 0.25) is 12.7 Å². The Morgan fingerprint density at radius 1 is 1.15 bits per heavy atom. The molecule has 1 amide bonds. The molecule has 0 saturated heterocycles. The summed E-state index contributed by atoms with van der Waals surface area (Å²) < 4.78 is 11.5. The highest BCUT2D eigenvalue weighted by Gasteiger charge is 2.13. The van der Waals surface area contributed by atoms with Crippen molar-refractivity contribution >= 4 is 29.0 Å². The highest BCUT2D eigenvalue weighted by Crippen LogP contribution is 2.32. The lowest BCUT2D eigenvalue weighted by Crippen LogP contribution is -2.24. The van der Waals surface area contributed by atoms with Crippen molar-refractivity contribution in [1.82, 2.24) is 10.3 Å². The van der Waals surface area contributed by atoms with Gasteiger partial charge in [0.05, 0.1) is 11.4 Å². The van der Waals surface area contributed by atoms with Crippen LogP contribution in [0.4, 0.5) is 0 Å². The first-order valence-electron chi connectivity index (χ1n) is 8.07. The van der Waals surface area contributed by atoms with Crippen LogP contribution in [0.2, 0.25) is 0 Å². The van der Waals surface area contributed by atoms with Gasteiger partial charge in [-0.05, 0) is 17.7 Å². The summed E-state index contributed by atoms with van der Waals surface area (Å²) in [5.41, 5.74) is 3.01. The fraction of sp³-hybridized carbons (Fsp3) is 0.158. The number of nitrogens with zero attached hydrogens (tertiary/aromatic N) is 1. The second-order valence-electron chi connectivity index (χ2n) is 5.62. The molecule has 0 aliphatic carbocycles. The Kier molecular flexibility index (Phi) is 5.08. The van der Waals surface area contributed by atoms with E-state index in [1.807, 2.05) is 53.9 Å². The van der Waals surface area contributed by atoms with Gasteiger partial charge in [-0.3, -0.25) is 4.79 Å². The Morgan fingerprint density at radius 2 is 2.00 bits per heavy atom. The normalized spacial score (nSPS) is 12.2. The number of nitrogens with one attached hydrogen (secondary N) is 1. The summed E-state index contributed by atoms with van der Waals surface area (Å²) in [5.74, 6) is 1.78. The summed E-state index contributed by atoms with van der Waals surface area (Å²) in [6.45, 7) is 0.712. The molecule has 0 atom stereocenters. The Hall–Kier alpha value is -2.51. The van der Waals surface area contributed by atoms with Gasteiger partial charge in [-0.15, -0.1) is 11.3 Å². The summed E-state index contributed by atoms with van der Waals surface area (Å²) in [6, 6.07) is 15.7. The van der Waals surface area contributed by atoms with E-state index in [0.29, 0.717) is 12.3 Å². The first-order chi connectivity index (χ1) is 12.8. The fourth-order valence-electron chi connectivity index (χ4n) is 2.49. The van der Waals surface area contributed by atoms with E-state index in [9.17, 15) is 4.79 Å². The Morgan fingerprint density at radius 3 is 2.88 bits per heavy atom. The van der Waals surface area contributed by atoms with Crippen molar-refractivity contribution < 1.29 is 14.3 Å². The number of ether oxygens (including phenoxy) is 2. The second kappa shape index (κ2) is 7.80. The van der Waals surface area contributed by atoms with Crippen molar-refractivity contribution in [3.63, 3.8) is 0 Å². The van der Waals surface area contributed by atoms with E-state index in [4.69, 9.17) is 9.47 Å². The first kappa shape index (κ1) is 16.9. The molecule has 1 aromatic heterocycles. The van der Waals surface area contributed by atoms with Crippen molar-refractivity contribution in [2.24, 2.45) is 0 Å². The Labute approximate surface area is 159 Å². The first-order valence-corrected chi connectivity index (χ1v) is 9.93. The molecule has 3 aromatic rings. The minimum atomic E-state index is -0.0240. The van der Waals surface area contributed by atoms with Crippen LogP contribution in [0.5, 0.6) is 11.5 Å². The molecule has 1 N–H and O–H groups in total. The lowest BCUT2D eigenvalue weighted by Gasteiger charge is -2.05. The quantitative estimate of drug-likeness (QED) is 0.652. The third-order valence-electron chi connectivity index (χ3n) is 3.81. The van der Waals surface area contributed by atoms with Crippen molar-refractivity contribution in [1.29, 1.82) is 0 Å². The molecule has 26 heavy (non-hydrogen) atoms. The van der Waals surface area contributed by atoms with Gasteiger partial charge in [-0.25, -0.2) is 4.98 Å². The summed E-state index contributed by atoms with van der Waals surface area (Å²) in [4.78, 5) is 16.7. The Balaban J connectivity index is 1.27. The molecule has 2 heterocycles. The number of rotatable bonds is 6. The molecule has 0 fully saturated rings. The van der Waals surface area contributed by atoms with Crippen molar-refractivity contribution in [3.05, 3.63) is 59.5 Å². The van der Waals surface area contributed by atoms with Crippen molar-refractivity contribution in [2.45, 2.75) is 10.9 Å². The van der Waals surface area contributed by atoms with E-state index < -0.39 is 0 Å². The van der Waals surface area contributed by atoms with Gasteiger partial charge in [0.25, 0.3) is 0 Å². The van der Waals surface area contributed by atoms with Crippen LogP contribution in [0.25, 0.3) is 11.3 Å². The van der Waals surface area contributed by atoms with Gasteiger partial charge < -0.3 is 14.8 Å². The molecule has 0 spiro atoms. The summed E-state index contributed by atoms with van der Waals surface area (Å²) in [6.07, 6.45) is 0. The summed E-state index contributed by atoms with van der Waals surface area (Å²) >= 11 is 3.01. The van der Waals surface area contributed by atoms with Crippen LogP contribution in [0, 0.1) is 0 Å². The monoisotopic (exact) mass is 384 g/mol. The molecule has 1 aliphatic rings. The fourth-order valence-corrected chi connectivity index (χ4v) is 4.16. The topological polar surface area (TPSA) is 60.5 Å². The number of fused-ring (bicyclic) bond motifs is 1. The number of carbonyl (C=O) groups excluding carboxylic acids is 1. The zero-order valence-corrected chi connectivity index (χ0v) is 15.4. The number of thiazole rings is 1. The zero-order chi connectivity index (χ0) is 17.8. The predicted octanol–water partition coefficient (Wildman–Crippen LogP) is 3.95. The van der Waals surface area contributed by atoms with Crippen LogP contribution in [0.15, 0.2) is 58.3 Å². The smallest absolute Gasteiger partial charge is 0.231 e. The molecule has 0 unspecified atom stereocenters. The molecule has 0 radical (unpaired) electrons. The summed E-state index contributed by atoms with van der Waals surface area (Å²) in [5, 5.41) is 4.94. The van der Waals surface area contributed by atoms with Crippen molar-refractivity contribution in [3.8, 4) is 22.8 Å². The van der Waals surface area contributed by atoms with Crippen LogP contribution < -0.4 is 14.8 Å². The molecule has 4 rings (SSSR count). The number of aromatic nitrogens is 1. The predicted molar refractivity (Wildman–Crippen MR) is 103 cm³/mol. The maximum absolute atomic E-state index is 12.1. The van der Waals surface area contributed by atoms with E-state index in [2.05, 4.69) is 10.3 Å². The maximum Gasteiger partial charge on any atom is 0.231 e. The molecular formula is C19H16N2O3S2. The number of amides is 1. The minimum absolute atomic E-state index is 0.0240. The van der Waals surface area contributed by atoms with E-state index in [-0.39, 0.29) is 12.7 Å². The molecule has 7 heteroatoms. The number of benzene rings is 2. The number of thioether (sulfide) groups is 1. The zero-order valence-electron chi connectivity index (χ0n) is 13.8. The van der Waals surface area contributed by atoms with Crippen molar-refractivity contribution in [2.75, 3.05) is 12.5 Å². The maximum atomic E-state index is 12.1. The summed E-state index contributed by atoms with van der Waals surface area (Å²) in [7, 11) is 0. The van der Waals surface area contributed by atoms with Gasteiger partial charge in [-0.1, -0.05) is 48.2 Å². The number of hydrogen-bond acceptors (Lipinski definition) is 6. The highest BCUT2D eigenvalue weighted by atomic mass is 32.2.